The van der Waals surface area contributed by atoms with Crippen molar-refractivity contribution in [1.82, 2.24) is 0 Å². The molecule has 0 aromatic carbocycles. The van der Waals surface area contributed by atoms with E-state index >= 15 is 0 Å². The molecule has 12 atom stereocenters. The summed E-state index contributed by atoms with van der Waals surface area (Å²) < 4.78 is 11.5. The van der Waals surface area contributed by atoms with E-state index in [0.717, 1.165) is 31.3 Å². The molecular weight excluding hydrogens is 484 g/mol. The van der Waals surface area contributed by atoms with Crippen molar-refractivity contribution in [2.75, 3.05) is 0 Å². The van der Waals surface area contributed by atoms with Gasteiger partial charge < -0.3 is 24.8 Å². The van der Waals surface area contributed by atoms with Crippen LogP contribution in [-0.2, 0) is 19.1 Å². The van der Waals surface area contributed by atoms with Crippen LogP contribution in [0, 0.1) is 46.3 Å². The number of hydrogen-bond donors (Lipinski definition) is 3. The fraction of sp³-hybridized carbons (Fsp3) is 0.871. The SMILES string of the molecule is CC(=O)OC1C=C2C3CCC(C(C)C(O)CCC(C)C)[C@@]3(C)CC(O)C2[C@@]2(C)CC[C@H](O)[C@H](OC(C)=O)C12. The summed E-state index contributed by atoms with van der Waals surface area (Å²) in [6, 6.07) is 0. The molecule has 0 aliphatic heterocycles. The second-order valence-electron chi connectivity index (χ2n) is 13.8. The van der Waals surface area contributed by atoms with Crippen LogP contribution in [0.2, 0.25) is 0 Å². The van der Waals surface area contributed by atoms with Crippen LogP contribution in [0.15, 0.2) is 11.6 Å². The molecule has 3 fully saturated rings. The fourth-order valence-corrected chi connectivity index (χ4v) is 9.32. The second-order valence-corrected chi connectivity index (χ2v) is 13.8. The third-order valence-corrected chi connectivity index (χ3v) is 11.0. The van der Waals surface area contributed by atoms with Gasteiger partial charge in [-0.2, -0.15) is 0 Å². The quantitative estimate of drug-likeness (QED) is 0.327. The summed E-state index contributed by atoms with van der Waals surface area (Å²) >= 11 is 0. The summed E-state index contributed by atoms with van der Waals surface area (Å²) in [5, 5.41) is 33.8. The summed E-state index contributed by atoms with van der Waals surface area (Å²) in [5.41, 5.74) is 0.471. The van der Waals surface area contributed by atoms with Crippen LogP contribution in [-0.4, -0.2) is 57.8 Å². The Bertz CT molecular complexity index is 929. The van der Waals surface area contributed by atoms with E-state index < -0.39 is 47.7 Å². The zero-order valence-electron chi connectivity index (χ0n) is 24.4. The molecule has 0 bridgehead atoms. The van der Waals surface area contributed by atoms with E-state index in [1.807, 2.05) is 6.08 Å². The monoisotopic (exact) mass is 534 g/mol. The third-order valence-electron chi connectivity index (χ3n) is 11.0. The molecule has 38 heavy (non-hydrogen) atoms. The molecule has 0 radical (unpaired) electrons. The topological polar surface area (TPSA) is 113 Å². The molecule has 3 saturated carbocycles. The van der Waals surface area contributed by atoms with Gasteiger partial charge in [0.1, 0.15) is 12.2 Å². The number of esters is 2. The first-order valence-electron chi connectivity index (χ1n) is 14.8. The van der Waals surface area contributed by atoms with Gasteiger partial charge in [0.25, 0.3) is 0 Å². The maximum absolute atomic E-state index is 12.2. The van der Waals surface area contributed by atoms with Crippen LogP contribution in [0.25, 0.3) is 0 Å². The summed E-state index contributed by atoms with van der Waals surface area (Å²) in [5.74, 6) is -0.327. The van der Waals surface area contributed by atoms with Gasteiger partial charge in [-0.25, -0.2) is 0 Å². The lowest BCUT2D eigenvalue weighted by atomic mass is 9.45. The molecule has 4 rings (SSSR count). The van der Waals surface area contributed by atoms with Crippen LogP contribution >= 0.6 is 0 Å². The molecule has 0 saturated heterocycles. The molecule has 0 heterocycles. The Labute approximate surface area is 228 Å². The van der Waals surface area contributed by atoms with Crippen molar-refractivity contribution >= 4 is 11.9 Å². The van der Waals surface area contributed by atoms with E-state index in [1.165, 1.54) is 13.8 Å². The largest absolute Gasteiger partial charge is 0.459 e. The molecule has 3 N–H and O–H groups in total. The Morgan fingerprint density at radius 1 is 0.974 bits per heavy atom. The summed E-state index contributed by atoms with van der Waals surface area (Å²) in [7, 11) is 0. The number of carbonyl (C=O) groups is 2. The molecule has 0 spiro atoms. The molecule has 216 valence electrons. The Hall–Kier alpha value is -1.44. The first-order valence-corrected chi connectivity index (χ1v) is 14.8. The van der Waals surface area contributed by atoms with Crippen LogP contribution in [0.4, 0.5) is 0 Å². The van der Waals surface area contributed by atoms with Crippen molar-refractivity contribution in [3.63, 3.8) is 0 Å². The highest BCUT2D eigenvalue weighted by Crippen LogP contribution is 2.67. The number of ether oxygens (including phenoxy) is 2. The fourth-order valence-electron chi connectivity index (χ4n) is 9.32. The molecule has 0 aromatic heterocycles. The standard InChI is InChI=1S/C31H50O7/c1-16(2)8-11-23(34)17(3)21-9-10-22-20-14-26(37-18(4)32)28-29(38-19(5)33)24(35)12-13-30(28,6)27(20)25(36)15-31(21,22)7/h14,16-17,21-29,34-36H,8-13,15H2,1-7H3/t17?,21?,22?,23?,24-,25?,26?,27?,28?,29-,30+,31+/m0/s1. The van der Waals surface area contributed by atoms with E-state index in [0.29, 0.717) is 25.2 Å². The van der Waals surface area contributed by atoms with Gasteiger partial charge in [-0.3, -0.25) is 9.59 Å². The minimum atomic E-state index is -0.847. The molecule has 4 aliphatic rings. The van der Waals surface area contributed by atoms with Crippen molar-refractivity contribution < 1.29 is 34.4 Å². The summed E-state index contributed by atoms with van der Waals surface area (Å²) in [4.78, 5) is 24.3. The van der Waals surface area contributed by atoms with Crippen molar-refractivity contribution in [2.45, 2.75) is 124 Å². The Balaban J connectivity index is 1.72. The van der Waals surface area contributed by atoms with Gasteiger partial charge in [0.05, 0.1) is 18.3 Å². The van der Waals surface area contributed by atoms with Crippen molar-refractivity contribution in [3.05, 3.63) is 11.6 Å². The van der Waals surface area contributed by atoms with E-state index in [-0.39, 0.29) is 35.2 Å². The van der Waals surface area contributed by atoms with Gasteiger partial charge >= 0.3 is 11.9 Å². The van der Waals surface area contributed by atoms with Crippen molar-refractivity contribution in [2.24, 2.45) is 46.3 Å². The lowest BCUT2D eigenvalue weighted by molar-refractivity contribution is -0.202. The molecule has 0 amide bonds. The predicted octanol–water partition coefficient (Wildman–Crippen LogP) is 4.41. The van der Waals surface area contributed by atoms with Gasteiger partial charge in [-0.1, -0.05) is 40.2 Å². The Kier molecular flexibility index (Phi) is 8.44. The van der Waals surface area contributed by atoms with Crippen LogP contribution in [0.3, 0.4) is 0 Å². The highest BCUT2D eigenvalue weighted by molar-refractivity contribution is 5.67. The maximum atomic E-state index is 12.2. The molecule has 7 nitrogen and oxygen atoms in total. The van der Waals surface area contributed by atoms with Crippen LogP contribution in [0.5, 0.6) is 0 Å². The second kappa shape index (κ2) is 10.9. The van der Waals surface area contributed by atoms with Gasteiger partial charge in [0.2, 0.25) is 0 Å². The smallest absolute Gasteiger partial charge is 0.303 e. The van der Waals surface area contributed by atoms with Gasteiger partial charge in [0.15, 0.2) is 0 Å². The van der Waals surface area contributed by atoms with Gasteiger partial charge in [-0.15, -0.1) is 0 Å². The summed E-state index contributed by atoms with van der Waals surface area (Å²) in [6.45, 7) is 13.6. The van der Waals surface area contributed by atoms with E-state index in [1.54, 1.807) is 0 Å². The van der Waals surface area contributed by atoms with E-state index in [9.17, 15) is 24.9 Å². The average Bonchev–Trinajstić information content (AvgIpc) is 3.14. The number of hydrogen-bond acceptors (Lipinski definition) is 7. The minimum absolute atomic E-state index is 0.127. The highest BCUT2D eigenvalue weighted by Gasteiger charge is 2.65. The van der Waals surface area contributed by atoms with Gasteiger partial charge in [-0.05, 0) is 85.5 Å². The van der Waals surface area contributed by atoms with Crippen molar-refractivity contribution in [1.29, 1.82) is 0 Å². The number of rotatable bonds is 7. The zero-order valence-corrected chi connectivity index (χ0v) is 24.4. The van der Waals surface area contributed by atoms with Gasteiger partial charge in [0, 0.05) is 25.7 Å². The molecule has 0 aromatic rings. The average molecular weight is 535 g/mol. The minimum Gasteiger partial charge on any atom is -0.459 e. The Morgan fingerprint density at radius 2 is 1.63 bits per heavy atom. The van der Waals surface area contributed by atoms with Crippen molar-refractivity contribution in [3.8, 4) is 0 Å². The number of fused-ring (bicyclic) bond motifs is 5. The van der Waals surface area contributed by atoms with Crippen LogP contribution in [0.1, 0.15) is 93.4 Å². The lowest BCUT2D eigenvalue weighted by Gasteiger charge is -2.61. The van der Waals surface area contributed by atoms with E-state index in [4.69, 9.17) is 9.47 Å². The molecule has 7 heteroatoms. The number of aliphatic hydroxyl groups is 3. The molecule has 4 aliphatic carbocycles. The normalized spacial score (nSPS) is 43.8. The number of aliphatic hydroxyl groups excluding tert-OH is 3. The summed E-state index contributed by atoms with van der Waals surface area (Å²) in [6.07, 6.45) is 4.25. The number of carbonyl (C=O) groups excluding carboxylic acids is 2. The highest BCUT2D eigenvalue weighted by atomic mass is 16.6. The predicted molar refractivity (Wildman–Crippen MR) is 144 cm³/mol. The molecular formula is C31H50O7. The first kappa shape index (κ1) is 29.5. The maximum Gasteiger partial charge on any atom is 0.303 e. The first-order chi connectivity index (χ1) is 17.7. The van der Waals surface area contributed by atoms with E-state index in [2.05, 4.69) is 34.6 Å². The lowest BCUT2D eigenvalue weighted by Crippen LogP contribution is -2.63. The third kappa shape index (κ3) is 5.08. The molecule has 8 unspecified atom stereocenters. The Morgan fingerprint density at radius 3 is 2.24 bits per heavy atom. The zero-order chi connectivity index (χ0) is 28.2. The van der Waals surface area contributed by atoms with Crippen LogP contribution < -0.4 is 0 Å².